The Morgan fingerprint density at radius 3 is 2.81 bits per heavy atom. The third kappa shape index (κ3) is 4.21. The lowest BCUT2D eigenvalue weighted by Crippen LogP contribution is -2.16. The van der Waals surface area contributed by atoms with E-state index >= 15 is 0 Å². The van der Waals surface area contributed by atoms with Gasteiger partial charge in [-0.15, -0.1) is 0 Å². The van der Waals surface area contributed by atoms with Crippen molar-refractivity contribution in [2.45, 2.75) is 45.4 Å². The average molecular weight is 289 g/mol. The van der Waals surface area contributed by atoms with Gasteiger partial charge in [-0.1, -0.05) is 43.0 Å². The van der Waals surface area contributed by atoms with Crippen LogP contribution in [0.1, 0.15) is 49.7 Å². The molecule has 2 rings (SSSR count). The number of nitrogens with zero attached hydrogens (tertiary/aromatic N) is 1. The highest BCUT2D eigenvalue weighted by Crippen LogP contribution is 2.28. The number of aryl methyl sites for hydroxylation is 1. The van der Waals surface area contributed by atoms with Crippen LogP contribution in [-0.2, 0) is 4.79 Å². The highest BCUT2D eigenvalue weighted by atomic mass is 16.4. The lowest BCUT2D eigenvalue weighted by molar-refractivity contribution is -0.116. The fraction of sp³-hybridized carbons (Fsp3) is 0.500. The van der Waals surface area contributed by atoms with Crippen molar-refractivity contribution in [2.24, 2.45) is 16.8 Å². The first-order valence-electron chi connectivity index (χ1n) is 7.48. The van der Waals surface area contributed by atoms with Crippen LogP contribution in [0.25, 0.3) is 0 Å². The molecule has 0 aromatic heterocycles. The number of benzene rings is 1. The standard InChI is InChI=1S/C16H23N3O2/c1-11-6-8-13(16(17)19-21)10-14(11)18-15(20)9-7-12-4-2-3-5-12/h6,8,10,12,21H,2-5,7,9H2,1H3,(H2,17,19)(H,18,20). The summed E-state index contributed by atoms with van der Waals surface area (Å²) >= 11 is 0. The number of hydrogen-bond acceptors (Lipinski definition) is 3. The van der Waals surface area contributed by atoms with E-state index in [1.807, 2.05) is 13.0 Å². The van der Waals surface area contributed by atoms with Gasteiger partial charge >= 0.3 is 0 Å². The molecule has 0 bridgehead atoms. The maximum atomic E-state index is 12.1. The van der Waals surface area contributed by atoms with Gasteiger partial charge in [-0.05, 0) is 30.9 Å². The molecule has 114 valence electrons. The average Bonchev–Trinajstić information content (AvgIpc) is 3.00. The van der Waals surface area contributed by atoms with Crippen molar-refractivity contribution >= 4 is 17.4 Å². The minimum atomic E-state index is 0.0293. The van der Waals surface area contributed by atoms with Gasteiger partial charge in [-0.3, -0.25) is 4.79 Å². The number of amides is 1. The fourth-order valence-electron chi connectivity index (χ4n) is 2.82. The molecule has 0 atom stereocenters. The molecule has 0 radical (unpaired) electrons. The molecule has 1 aliphatic rings. The molecular formula is C16H23N3O2. The first-order chi connectivity index (χ1) is 10.1. The van der Waals surface area contributed by atoms with Crippen molar-refractivity contribution in [3.63, 3.8) is 0 Å². The largest absolute Gasteiger partial charge is 0.409 e. The van der Waals surface area contributed by atoms with Crippen molar-refractivity contribution in [3.8, 4) is 0 Å². The Morgan fingerprint density at radius 2 is 2.14 bits per heavy atom. The van der Waals surface area contributed by atoms with Crippen molar-refractivity contribution in [3.05, 3.63) is 29.3 Å². The first-order valence-corrected chi connectivity index (χ1v) is 7.48. The molecule has 5 heteroatoms. The van der Waals surface area contributed by atoms with E-state index in [1.165, 1.54) is 25.7 Å². The maximum Gasteiger partial charge on any atom is 0.224 e. The first kappa shape index (κ1) is 15.4. The molecule has 0 spiro atoms. The Labute approximate surface area is 125 Å². The van der Waals surface area contributed by atoms with Gasteiger partial charge in [0.2, 0.25) is 5.91 Å². The number of nitrogens with one attached hydrogen (secondary N) is 1. The lowest BCUT2D eigenvalue weighted by atomic mass is 10.0. The Kier molecular flexibility index (Phi) is 5.20. The van der Waals surface area contributed by atoms with Crippen molar-refractivity contribution in [1.29, 1.82) is 0 Å². The Hall–Kier alpha value is -2.04. The number of carbonyl (C=O) groups is 1. The smallest absolute Gasteiger partial charge is 0.224 e. The Morgan fingerprint density at radius 1 is 1.43 bits per heavy atom. The molecule has 5 nitrogen and oxygen atoms in total. The Balaban J connectivity index is 1.96. The Bertz CT molecular complexity index is 534. The number of carbonyl (C=O) groups excluding carboxylic acids is 1. The molecule has 0 unspecified atom stereocenters. The maximum absolute atomic E-state index is 12.1. The normalized spacial score (nSPS) is 16.1. The van der Waals surface area contributed by atoms with Crippen LogP contribution < -0.4 is 11.1 Å². The molecule has 1 aromatic carbocycles. The van der Waals surface area contributed by atoms with Crippen LogP contribution in [-0.4, -0.2) is 17.0 Å². The molecular weight excluding hydrogens is 266 g/mol. The molecule has 21 heavy (non-hydrogen) atoms. The summed E-state index contributed by atoms with van der Waals surface area (Å²) in [5, 5.41) is 14.6. The van der Waals surface area contributed by atoms with Gasteiger partial charge in [0.25, 0.3) is 0 Å². The third-order valence-corrected chi connectivity index (χ3v) is 4.17. The minimum Gasteiger partial charge on any atom is -0.409 e. The molecule has 1 amide bonds. The molecule has 0 saturated heterocycles. The van der Waals surface area contributed by atoms with E-state index < -0.39 is 0 Å². The summed E-state index contributed by atoms with van der Waals surface area (Å²) in [7, 11) is 0. The van der Waals surface area contributed by atoms with E-state index in [1.54, 1.807) is 12.1 Å². The number of nitrogens with two attached hydrogens (primary N) is 1. The molecule has 1 aromatic rings. The van der Waals surface area contributed by atoms with Crippen LogP contribution in [0.15, 0.2) is 23.4 Å². The summed E-state index contributed by atoms with van der Waals surface area (Å²) in [4.78, 5) is 12.1. The summed E-state index contributed by atoms with van der Waals surface area (Å²) in [6.45, 7) is 1.92. The lowest BCUT2D eigenvalue weighted by Gasteiger charge is -2.12. The SMILES string of the molecule is Cc1ccc(C(N)=NO)cc1NC(=O)CCC1CCCC1. The topological polar surface area (TPSA) is 87.7 Å². The molecule has 0 heterocycles. The van der Waals surface area contributed by atoms with Crippen LogP contribution in [0.2, 0.25) is 0 Å². The van der Waals surface area contributed by atoms with Crippen molar-refractivity contribution < 1.29 is 10.0 Å². The second-order valence-electron chi connectivity index (χ2n) is 5.75. The van der Waals surface area contributed by atoms with E-state index in [0.29, 0.717) is 17.9 Å². The zero-order valence-corrected chi connectivity index (χ0v) is 12.4. The second kappa shape index (κ2) is 7.11. The van der Waals surface area contributed by atoms with Crippen LogP contribution >= 0.6 is 0 Å². The zero-order valence-electron chi connectivity index (χ0n) is 12.4. The molecule has 1 saturated carbocycles. The van der Waals surface area contributed by atoms with Gasteiger partial charge in [-0.25, -0.2) is 0 Å². The van der Waals surface area contributed by atoms with Gasteiger partial charge in [0.15, 0.2) is 5.84 Å². The summed E-state index contributed by atoms with van der Waals surface area (Å²) in [6.07, 6.45) is 6.62. The fourth-order valence-corrected chi connectivity index (χ4v) is 2.82. The summed E-state index contributed by atoms with van der Waals surface area (Å²) in [5.41, 5.74) is 7.84. The highest BCUT2D eigenvalue weighted by Gasteiger charge is 2.16. The molecule has 0 aliphatic heterocycles. The predicted molar refractivity (Wildman–Crippen MR) is 83.5 cm³/mol. The van der Waals surface area contributed by atoms with Crippen LogP contribution in [0.3, 0.4) is 0 Å². The summed E-state index contributed by atoms with van der Waals surface area (Å²) in [5.74, 6) is 0.776. The quantitative estimate of drug-likeness (QED) is 0.337. The number of oxime groups is 1. The number of amidine groups is 1. The second-order valence-corrected chi connectivity index (χ2v) is 5.75. The van der Waals surface area contributed by atoms with Gasteiger partial charge < -0.3 is 16.3 Å². The molecule has 1 fully saturated rings. The number of hydrogen-bond donors (Lipinski definition) is 3. The van der Waals surface area contributed by atoms with E-state index in [4.69, 9.17) is 10.9 Å². The van der Waals surface area contributed by atoms with E-state index in [2.05, 4.69) is 10.5 Å². The van der Waals surface area contributed by atoms with Crippen molar-refractivity contribution in [1.82, 2.24) is 0 Å². The third-order valence-electron chi connectivity index (χ3n) is 4.17. The summed E-state index contributed by atoms with van der Waals surface area (Å²) < 4.78 is 0. The van der Waals surface area contributed by atoms with Crippen LogP contribution in [0.4, 0.5) is 5.69 Å². The van der Waals surface area contributed by atoms with Gasteiger partial charge in [-0.2, -0.15) is 0 Å². The molecule has 1 aliphatic carbocycles. The van der Waals surface area contributed by atoms with Gasteiger partial charge in [0.1, 0.15) is 0 Å². The van der Waals surface area contributed by atoms with Crippen LogP contribution in [0.5, 0.6) is 0 Å². The predicted octanol–water partition coefficient (Wildman–Crippen LogP) is 3.00. The minimum absolute atomic E-state index is 0.0293. The van der Waals surface area contributed by atoms with Crippen molar-refractivity contribution in [2.75, 3.05) is 5.32 Å². The summed E-state index contributed by atoms with van der Waals surface area (Å²) in [6, 6.07) is 5.34. The van der Waals surface area contributed by atoms with Crippen LogP contribution in [0, 0.1) is 12.8 Å². The van der Waals surface area contributed by atoms with Gasteiger partial charge in [0.05, 0.1) is 0 Å². The zero-order chi connectivity index (χ0) is 15.2. The van der Waals surface area contributed by atoms with Gasteiger partial charge in [0, 0.05) is 17.7 Å². The van der Waals surface area contributed by atoms with E-state index in [0.717, 1.165) is 17.7 Å². The number of rotatable bonds is 5. The molecule has 4 N–H and O–H groups in total. The van der Waals surface area contributed by atoms with E-state index in [-0.39, 0.29) is 11.7 Å². The number of anilines is 1. The van der Waals surface area contributed by atoms with E-state index in [9.17, 15) is 4.79 Å². The monoisotopic (exact) mass is 289 g/mol. The highest BCUT2D eigenvalue weighted by molar-refractivity contribution is 5.99.